The van der Waals surface area contributed by atoms with Crippen LogP contribution in [0.5, 0.6) is 0 Å². The van der Waals surface area contributed by atoms with Gasteiger partial charge in [-0.25, -0.2) is 4.79 Å². The van der Waals surface area contributed by atoms with Gasteiger partial charge in [0.05, 0.1) is 23.0 Å². The molecule has 3 aromatic carbocycles. The third kappa shape index (κ3) is 8.34. The van der Waals surface area contributed by atoms with Crippen LogP contribution >= 0.6 is 0 Å². The van der Waals surface area contributed by atoms with Crippen LogP contribution in [0, 0.1) is 0 Å². The molecule has 4 aromatic rings. The Balaban J connectivity index is 1.14. The maximum Gasteiger partial charge on any atom is 0.328 e. The third-order valence-electron chi connectivity index (χ3n) is 8.41. The van der Waals surface area contributed by atoms with Crippen LogP contribution < -0.4 is 22.3 Å². The Morgan fingerprint density at radius 3 is 2.16 bits per heavy atom. The number of carbonyl (C=O) groups excluding carboxylic acids is 2. The fourth-order valence-corrected chi connectivity index (χ4v) is 6.01. The first kappa shape index (κ1) is 31.9. The van der Waals surface area contributed by atoms with E-state index in [1.807, 2.05) is 12.1 Å². The van der Waals surface area contributed by atoms with Crippen LogP contribution in [0.1, 0.15) is 67.9 Å². The number of nitrogens with two attached hydrogens (primary N) is 1. The monoisotopic (exact) mass is 611 g/mol. The van der Waals surface area contributed by atoms with Gasteiger partial charge in [0.1, 0.15) is 12.5 Å². The minimum atomic E-state index is -0.715. The third-order valence-corrected chi connectivity index (χ3v) is 8.41. The maximum absolute atomic E-state index is 12.7. The fourth-order valence-electron chi connectivity index (χ4n) is 6.01. The number of hydrogen-bond donors (Lipinski definition) is 3. The molecule has 0 saturated carbocycles. The second-order valence-electron chi connectivity index (χ2n) is 11.7. The number of rotatable bonds is 13. The van der Waals surface area contributed by atoms with Crippen molar-refractivity contribution in [2.24, 2.45) is 5.73 Å². The SMILES string of the molecule is CC(NC(=O)CC(N)=O)c1ccc2c(c1)c(=O)[nH]c(=O)n2CCCCN1CCC(OC(c2ccccc2)c2ccccc2)CC1. The van der Waals surface area contributed by atoms with Crippen molar-refractivity contribution < 1.29 is 14.3 Å². The van der Waals surface area contributed by atoms with Crippen LogP contribution in [-0.2, 0) is 20.9 Å². The first-order valence-corrected chi connectivity index (χ1v) is 15.6. The zero-order valence-electron chi connectivity index (χ0n) is 25.6. The number of piperidine rings is 1. The van der Waals surface area contributed by atoms with Gasteiger partial charge in [0, 0.05) is 19.6 Å². The zero-order valence-corrected chi connectivity index (χ0v) is 25.6. The van der Waals surface area contributed by atoms with Gasteiger partial charge in [-0.1, -0.05) is 66.7 Å². The van der Waals surface area contributed by atoms with Crippen LogP contribution in [0.15, 0.2) is 88.5 Å². The summed E-state index contributed by atoms with van der Waals surface area (Å²) in [7, 11) is 0. The molecule has 0 aliphatic carbocycles. The van der Waals surface area contributed by atoms with Crippen LogP contribution in [0.3, 0.4) is 0 Å². The summed E-state index contributed by atoms with van der Waals surface area (Å²) in [6.45, 7) is 5.07. The molecule has 4 N–H and O–H groups in total. The summed E-state index contributed by atoms with van der Waals surface area (Å²) in [5.74, 6) is -1.21. The number of aromatic amines is 1. The van der Waals surface area contributed by atoms with Crippen molar-refractivity contribution in [3.8, 4) is 0 Å². The smallest absolute Gasteiger partial charge is 0.328 e. The lowest BCUT2D eigenvalue weighted by atomic mass is 10.00. The Morgan fingerprint density at radius 1 is 0.911 bits per heavy atom. The topological polar surface area (TPSA) is 140 Å². The Morgan fingerprint density at radius 2 is 1.53 bits per heavy atom. The average Bonchev–Trinajstić information content (AvgIpc) is 3.04. The molecule has 1 saturated heterocycles. The van der Waals surface area contributed by atoms with Crippen LogP contribution in [0.4, 0.5) is 0 Å². The van der Waals surface area contributed by atoms with E-state index >= 15 is 0 Å². The minimum absolute atomic E-state index is 0.0886. The summed E-state index contributed by atoms with van der Waals surface area (Å²) in [5.41, 5.74) is 7.74. The molecule has 1 aromatic heterocycles. The molecular weight excluding hydrogens is 570 g/mol. The highest BCUT2D eigenvalue weighted by atomic mass is 16.5. The van der Waals surface area contributed by atoms with Crippen LogP contribution in [-0.4, -0.2) is 52.0 Å². The maximum atomic E-state index is 12.7. The van der Waals surface area contributed by atoms with Crippen molar-refractivity contribution in [3.05, 3.63) is 116 Å². The van der Waals surface area contributed by atoms with Gasteiger partial charge in [0.25, 0.3) is 5.56 Å². The van der Waals surface area contributed by atoms with Crippen LogP contribution in [0.2, 0.25) is 0 Å². The fraction of sp³-hybridized carbons (Fsp3) is 0.371. The van der Waals surface area contributed by atoms with Gasteiger partial charge in [0.15, 0.2) is 0 Å². The molecule has 1 atom stereocenters. The van der Waals surface area contributed by atoms with Gasteiger partial charge in [-0.2, -0.15) is 0 Å². The summed E-state index contributed by atoms with van der Waals surface area (Å²) in [6.07, 6.45) is 3.30. The molecule has 1 aliphatic heterocycles. The number of aryl methyl sites for hydroxylation is 1. The number of nitrogens with one attached hydrogen (secondary N) is 2. The molecule has 45 heavy (non-hydrogen) atoms. The predicted molar refractivity (Wildman–Crippen MR) is 174 cm³/mol. The molecule has 2 amide bonds. The van der Waals surface area contributed by atoms with Gasteiger partial charge >= 0.3 is 5.69 Å². The van der Waals surface area contributed by atoms with Gasteiger partial charge < -0.3 is 20.7 Å². The number of H-pyrrole nitrogens is 1. The highest BCUT2D eigenvalue weighted by Gasteiger charge is 2.24. The number of amides is 2. The lowest BCUT2D eigenvalue weighted by molar-refractivity contribution is -0.128. The van der Waals surface area contributed by atoms with Crippen molar-refractivity contribution in [3.63, 3.8) is 0 Å². The average molecular weight is 612 g/mol. The summed E-state index contributed by atoms with van der Waals surface area (Å²) >= 11 is 0. The summed E-state index contributed by atoms with van der Waals surface area (Å²) in [6, 6.07) is 25.5. The van der Waals surface area contributed by atoms with Gasteiger partial charge in [-0.3, -0.25) is 23.9 Å². The van der Waals surface area contributed by atoms with E-state index in [2.05, 4.69) is 63.7 Å². The van der Waals surface area contributed by atoms with E-state index in [0.29, 0.717) is 23.0 Å². The second kappa shape index (κ2) is 15.0. The molecule has 0 spiro atoms. The largest absolute Gasteiger partial charge is 0.369 e. The molecular formula is C35H41N5O5. The molecule has 0 radical (unpaired) electrons. The summed E-state index contributed by atoms with van der Waals surface area (Å²) in [4.78, 5) is 53.2. The van der Waals surface area contributed by atoms with Gasteiger partial charge in [-0.15, -0.1) is 0 Å². The van der Waals surface area contributed by atoms with Crippen molar-refractivity contribution in [1.29, 1.82) is 0 Å². The number of hydrogen-bond acceptors (Lipinski definition) is 6. The number of carbonyl (C=O) groups is 2. The number of primary amides is 1. The standard InChI is InChI=1S/C35H41N5O5/c1-24(37-32(42)23-31(36)41)27-14-15-30-29(22-27)34(43)38-35(44)40(30)19-9-8-18-39-20-16-28(17-21-39)45-33(25-10-4-2-5-11-25)26-12-6-3-7-13-26/h2-7,10-15,22,24,28,33H,8-9,16-21,23H2,1H3,(H2,36,41)(H,37,42)(H,38,43,44). The van der Waals surface area contributed by atoms with Crippen molar-refractivity contribution in [1.82, 2.24) is 19.8 Å². The Kier molecular flexibility index (Phi) is 10.6. The number of nitrogens with zero attached hydrogens (tertiary/aromatic N) is 2. The first-order valence-electron chi connectivity index (χ1n) is 15.6. The van der Waals surface area contributed by atoms with Gasteiger partial charge in [0.2, 0.25) is 11.8 Å². The lowest BCUT2D eigenvalue weighted by Gasteiger charge is -2.34. The molecule has 236 valence electrons. The number of ether oxygens (including phenoxy) is 1. The summed E-state index contributed by atoms with van der Waals surface area (Å²) in [5, 5.41) is 3.07. The number of unbranched alkanes of at least 4 members (excludes halogenated alkanes) is 1. The van der Waals surface area contributed by atoms with E-state index in [9.17, 15) is 19.2 Å². The number of aromatic nitrogens is 2. The number of likely N-dealkylation sites (tertiary alicyclic amines) is 1. The Bertz CT molecular complexity index is 1670. The van der Waals surface area contributed by atoms with Crippen molar-refractivity contribution >= 4 is 22.7 Å². The normalized spacial score (nSPS) is 14.9. The first-order chi connectivity index (χ1) is 21.8. The highest BCUT2D eigenvalue weighted by molar-refractivity contribution is 5.96. The van der Waals surface area contributed by atoms with E-state index < -0.39 is 35.5 Å². The Labute approximate surface area is 262 Å². The Hall–Kier alpha value is -4.54. The van der Waals surface area contributed by atoms with E-state index in [0.717, 1.165) is 56.4 Å². The molecule has 0 bridgehead atoms. The molecule has 5 rings (SSSR count). The molecule has 2 heterocycles. The lowest BCUT2D eigenvalue weighted by Crippen LogP contribution is -2.38. The highest BCUT2D eigenvalue weighted by Crippen LogP contribution is 2.30. The number of benzene rings is 3. The quantitative estimate of drug-likeness (QED) is 0.155. The van der Waals surface area contributed by atoms with E-state index in [1.165, 1.54) is 0 Å². The molecule has 1 aliphatic rings. The molecule has 1 unspecified atom stereocenters. The van der Waals surface area contributed by atoms with Crippen molar-refractivity contribution in [2.45, 2.75) is 63.8 Å². The second-order valence-corrected chi connectivity index (χ2v) is 11.7. The van der Waals surface area contributed by atoms with E-state index in [4.69, 9.17) is 10.5 Å². The van der Waals surface area contributed by atoms with E-state index in [1.54, 1.807) is 29.7 Å². The summed E-state index contributed by atoms with van der Waals surface area (Å²) < 4.78 is 8.28. The minimum Gasteiger partial charge on any atom is -0.369 e. The van der Waals surface area contributed by atoms with E-state index in [-0.39, 0.29) is 12.2 Å². The molecule has 1 fully saturated rings. The van der Waals surface area contributed by atoms with Gasteiger partial charge in [-0.05, 0) is 68.0 Å². The number of fused-ring (bicyclic) bond motifs is 1. The predicted octanol–water partition coefficient (Wildman–Crippen LogP) is 3.79. The van der Waals surface area contributed by atoms with Crippen LogP contribution in [0.25, 0.3) is 10.9 Å². The van der Waals surface area contributed by atoms with Crippen molar-refractivity contribution in [2.75, 3.05) is 19.6 Å². The molecule has 10 heteroatoms. The molecule has 10 nitrogen and oxygen atoms in total. The zero-order chi connectivity index (χ0) is 31.8.